The lowest BCUT2D eigenvalue weighted by atomic mass is 10.0. The fourth-order valence-electron chi connectivity index (χ4n) is 4.42. The van der Waals surface area contributed by atoms with Crippen LogP contribution in [0.1, 0.15) is 50.5 Å². The number of amides is 1. The molecule has 6 heteroatoms. The molecular weight excluding hydrogens is 388 g/mol. The molecule has 0 radical (unpaired) electrons. The summed E-state index contributed by atoms with van der Waals surface area (Å²) in [5, 5.41) is 0. The number of imidazole rings is 1. The highest BCUT2D eigenvalue weighted by atomic mass is 16.2. The van der Waals surface area contributed by atoms with E-state index in [1.165, 1.54) is 0 Å². The Morgan fingerprint density at radius 3 is 2.42 bits per heavy atom. The first-order chi connectivity index (χ1) is 15.0. The van der Waals surface area contributed by atoms with Crippen molar-refractivity contribution in [3.05, 3.63) is 76.6 Å². The molecule has 0 saturated carbocycles. The summed E-state index contributed by atoms with van der Waals surface area (Å²) < 4.78 is 0. The first-order valence-corrected chi connectivity index (χ1v) is 10.6. The lowest BCUT2D eigenvalue weighted by Crippen LogP contribution is -2.28. The van der Waals surface area contributed by atoms with Gasteiger partial charge in [0.2, 0.25) is 0 Å². The Balaban J connectivity index is 1.51. The predicted molar refractivity (Wildman–Crippen MR) is 120 cm³/mol. The van der Waals surface area contributed by atoms with E-state index in [-0.39, 0.29) is 11.7 Å². The Bertz CT molecular complexity index is 1290. The summed E-state index contributed by atoms with van der Waals surface area (Å²) >= 11 is 0. The van der Waals surface area contributed by atoms with Crippen LogP contribution in [0.15, 0.2) is 48.5 Å². The summed E-state index contributed by atoms with van der Waals surface area (Å²) in [6.07, 6.45) is 2.12. The maximum atomic E-state index is 12.9. The number of rotatable bonds is 4. The SMILES string of the molecule is Cc1[nH]c(C(=O)N2CCCC2)c(C)c1-c1nc2ccc(C(=O)c3ccccc3)cc2[nH]1. The maximum Gasteiger partial charge on any atom is 0.270 e. The fraction of sp³-hybridized carbons (Fsp3) is 0.240. The van der Waals surface area contributed by atoms with E-state index in [9.17, 15) is 9.59 Å². The molecule has 1 aliphatic rings. The molecule has 0 spiro atoms. The predicted octanol–water partition coefficient (Wildman–Crippen LogP) is 4.64. The number of fused-ring (bicyclic) bond motifs is 1. The number of carbonyl (C=O) groups excluding carboxylic acids is 2. The van der Waals surface area contributed by atoms with Gasteiger partial charge in [-0.05, 0) is 50.5 Å². The van der Waals surface area contributed by atoms with Crippen LogP contribution in [0.25, 0.3) is 22.4 Å². The summed E-state index contributed by atoms with van der Waals surface area (Å²) in [5.41, 5.74) is 6.19. The monoisotopic (exact) mass is 412 g/mol. The molecule has 1 fully saturated rings. The van der Waals surface area contributed by atoms with Crippen LogP contribution in [0.2, 0.25) is 0 Å². The molecule has 4 aromatic rings. The van der Waals surface area contributed by atoms with Gasteiger partial charge in [-0.3, -0.25) is 9.59 Å². The van der Waals surface area contributed by atoms with Gasteiger partial charge in [-0.15, -0.1) is 0 Å². The van der Waals surface area contributed by atoms with Crippen LogP contribution >= 0.6 is 0 Å². The second-order valence-corrected chi connectivity index (χ2v) is 8.14. The van der Waals surface area contributed by atoms with Crippen molar-refractivity contribution in [2.45, 2.75) is 26.7 Å². The van der Waals surface area contributed by atoms with Gasteiger partial charge in [-0.1, -0.05) is 30.3 Å². The Labute approximate surface area is 180 Å². The van der Waals surface area contributed by atoms with Crippen molar-refractivity contribution in [3.63, 3.8) is 0 Å². The summed E-state index contributed by atoms with van der Waals surface area (Å²) in [4.78, 5) is 39.0. The maximum absolute atomic E-state index is 12.9. The zero-order valence-electron chi connectivity index (χ0n) is 17.7. The first kappa shape index (κ1) is 19.3. The van der Waals surface area contributed by atoms with Crippen LogP contribution < -0.4 is 0 Å². The second kappa shape index (κ2) is 7.54. The first-order valence-electron chi connectivity index (χ1n) is 10.6. The van der Waals surface area contributed by atoms with Crippen LogP contribution in [0.4, 0.5) is 0 Å². The minimum atomic E-state index is -0.0221. The van der Waals surface area contributed by atoms with E-state index in [1.807, 2.05) is 61.2 Å². The van der Waals surface area contributed by atoms with Crippen molar-refractivity contribution in [2.24, 2.45) is 0 Å². The van der Waals surface area contributed by atoms with Gasteiger partial charge in [-0.25, -0.2) is 4.98 Å². The van der Waals surface area contributed by atoms with Gasteiger partial charge in [0, 0.05) is 35.5 Å². The number of aryl methyl sites for hydroxylation is 1. The molecule has 1 amide bonds. The zero-order valence-corrected chi connectivity index (χ0v) is 17.7. The molecular formula is C25H24N4O2. The third-order valence-electron chi connectivity index (χ3n) is 6.06. The van der Waals surface area contributed by atoms with Crippen molar-refractivity contribution in [3.8, 4) is 11.4 Å². The smallest absolute Gasteiger partial charge is 0.270 e. The molecule has 1 aliphatic heterocycles. The average molecular weight is 412 g/mol. The third kappa shape index (κ3) is 3.34. The summed E-state index contributed by atoms with van der Waals surface area (Å²) in [7, 11) is 0. The van der Waals surface area contributed by atoms with Crippen molar-refractivity contribution in [1.29, 1.82) is 0 Å². The normalized spacial score (nSPS) is 13.8. The Kier molecular flexibility index (Phi) is 4.70. The van der Waals surface area contributed by atoms with Gasteiger partial charge in [0.1, 0.15) is 11.5 Å². The number of ketones is 1. The standard InChI is InChI=1S/C25H24N4O2/c1-15-21(16(2)26-22(15)25(31)29-12-6-7-13-29)24-27-19-11-10-18(14-20(19)28-24)23(30)17-8-4-3-5-9-17/h3-5,8-11,14,26H,6-7,12-13H2,1-2H3,(H,27,28). The van der Waals surface area contributed by atoms with E-state index in [0.717, 1.165) is 53.8 Å². The molecule has 1 saturated heterocycles. The molecule has 31 heavy (non-hydrogen) atoms. The number of benzene rings is 2. The molecule has 156 valence electrons. The molecule has 0 bridgehead atoms. The average Bonchev–Trinajstić information content (AvgIpc) is 3.51. The van der Waals surface area contributed by atoms with Gasteiger partial charge in [0.05, 0.1) is 11.0 Å². The van der Waals surface area contributed by atoms with E-state index >= 15 is 0 Å². The summed E-state index contributed by atoms with van der Waals surface area (Å²) in [6, 6.07) is 14.8. The third-order valence-corrected chi connectivity index (χ3v) is 6.06. The van der Waals surface area contributed by atoms with Crippen molar-refractivity contribution < 1.29 is 9.59 Å². The van der Waals surface area contributed by atoms with Gasteiger partial charge in [-0.2, -0.15) is 0 Å². The number of aromatic nitrogens is 3. The molecule has 2 aromatic heterocycles. The largest absolute Gasteiger partial charge is 0.354 e. The number of nitrogens with one attached hydrogen (secondary N) is 2. The fourth-order valence-corrected chi connectivity index (χ4v) is 4.42. The number of aromatic amines is 2. The van der Waals surface area contributed by atoms with E-state index < -0.39 is 0 Å². The lowest BCUT2D eigenvalue weighted by Gasteiger charge is -2.14. The van der Waals surface area contributed by atoms with Crippen molar-refractivity contribution >= 4 is 22.7 Å². The number of nitrogens with zero attached hydrogens (tertiary/aromatic N) is 2. The quantitative estimate of drug-likeness (QED) is 0.479. The molecule has 2 N–H and O–H groups in total. The van der Waals surface area contributed by atoms with Crippen LogP contribution in [0, 0.1) is 13.8 Å². The number of H-pyrrole nitrogens is 2. The van der Waals surface area contributed by atoms with Crippen LogP contribution in [-0.4, -0.2) is 44.6 Å². The number of hydrogen-bond acceptors (Lipinski definition) is 3. The van der Waals surface area contributed by atoms with Gasteiger partial charge >= 0.3 is 0 Å². The minimum Gasteiger partial charge on any atom is -0.354 e. The van der Waals surface area contributed by atoms with E-state index in [4.69, 9.17) is 4.98 Å². The molecule has 2 aromatic carbocycles. The van der Waals surface area contributed by atoms with Crippen molar-refractivity contribution in [1.82, 2.24) is 19.9 Å². The van der Waals surface area contributed by atoms with Crippen LogP contribution in [0.5, 0.6) is 0 Å². The van der Waals surface area contributed by atoms with E-state index in [1.54, 1.807) is 6.07 Å². The highest BCUT2D eigenvalue weighted by Gasteiger charge is 2.26. The van der Waals surface area contributed by atoms with Gasteiger partial charge < -0.3 is 14.9 Å². The molecule has 3 heterocycles. The molecule has 0 aliphatic carbocycles. The number of carbonyl (C=O) groups is 2. The summed E-state index contributed by atoms with van der Waals surface area (Å²) in [6.45, 7) is 5.55. The van der Waals surface area contributed by atoms with Crippen molar-refractivity contribution in [2.75, 3.05) is 13.1 Å². The summed E-state index contributed by atoms with van der Waals surface area (Å²) in [5.74, 6) is 0.730. The molecule has 5 rings (SSSR count). The molecule has 0 atom stereocenters. The van der Waals surface area contributed by atoms with Gasteiger partial charge in [0.15, 0.2) is 5.78 Å². The topological polar surface area (TPSA) is 81.8 Å². The number of hydrogen-bond donors (Lipinski definition) is 2. The van der Waals surface area contributed by atoms with E-state index in [0.29, 0.717) is 22.6 Å². The second-order valence-electron chi connectivity index (χ2n) is 8.14. The van der Waals surface area contributed by atoms with Crippen LogP contribution in [0.3, 0.4) is 0 Å². The van der Waals surface area contributed by atoms with Gasteiger partial charge in [0.25, 0.3) is 5.91 Å². The van der Waals surface area contributed by atoms with E-state index in [2.05, 4.69) is 9.97 Å². The Morgan fingerprint density at radius 1 is 0.935 bits per heavy atom. The minimum absolute atomic E-state index is 0.0221. The Hall–Kier alpha value is -3.67. The number of likely N-dealkylation sites (tertiary alicyclic amines) is 1. The Morgan fingerprint density at radius 2 is 1.68 bits per heavy atom. The molecule has 0 unspecified atom stereocenters. The highest BCUT2D eigenvalue weighted by molar-refractivity contribution is 6.10. The van der Waals surface area contributed by atoms with Crippen LogP contribution in [-0.2, 0) is 0 Å². The highest BCUT2D eigenvalue weighted by Crippen LogP contribution is 2.30. The lowest BCUT2D eigenvalue weighted by molar-refractivity contribution is 0.0786. The molecule has 6 nitrogen and oxygen atoms in total. The zero-order chi connectivity index (χ0) is 21.5.